The van der Waals surface area contributed by atoms with E-state index in [4.69, 9.17) is 11.5 Å². The number of piperidine rings is 2. The molecule has 1 saturated carbocycles. The van der Waals surface area contributed by atoms with Crippen LogP contribution in [-0.4, -0.2) is 68.7 Å². The van der Waals surface area contributed by atoms with Gasteiger partial charge in [-0.1, -0.05) is 31.1 Å². The number of benzene rings is 1. The van der Waals surface area contributed by atoms with E-state index in [1.165, 1.54) is 9.13 Å². The number of carbonyl (C=O) groups excluding carboxylic acids is 5. The Hall–Kier alpha value is -4.44. The van der Waals surface area contributed by atoms with Gasteiger partial charge in [0.05, 0.1) is 17.1 Å². The number of hydrogen-bond donors (Lipinski definition) is 4. The number of aromatic nitrogens is 2. The largest absolute Gasteiger partial charge is 0.370 e. The van der Waals surface area contributed by atoms with Gasteiger partial charge in [-0.25, -0.2) is 4.79 Å². The standard InChI is InChI=1S/C35H47N7O6/c1-40-28-21-23(11-13-26(28)42(35(40)48)27-14-16-30(44)38-33(27)46)8-6-5-7-22-17-19-41(20-18-22)34(47)31(24-9-3-2-4-10-24)39-32(45)25(36)12-15-29(37)43/h11,13,21-22,24-25,27,31H,2-5,7,9-10,12,14-20,36H2,1H3,(H2,37,43)(H,39,45)(H,38,44,46). The number of nitrogens with zero attached hydrogens (tertiary/aromatic N) is 3. The molecule has 3 atom stereocenters. The van der Waals surface area contributed by atoms with Gasteiger partial charge in [0.2, 0.25) is 29.5 Å². The lowest BCUT2D eigenvalue weighted by Crippen LogP contribution is -2.57. The van der Waals surface area contributed by atoms with Crippen LogP contribution >= 0.6 is 0 Å². The average Bonchev–Trinajstić information content (AvgIpc) is 3.33. The van der Waals surface area contributed by atoms with E-state index in [-0.39, 0.29) is 49.1 Å². The monoisotopic (exact) mass is 661 g/mol. The lowest BCUT2D eigenvalue weighted by atomic mass is 9.82. The van der Waals surface area contributed by atoms with E-state index >= 15 is 0 Å². The minimum Gasteiger partial charge on any atom is -0.370 e. The van der Waals surface area contributed by atoms with Crippen LogP contribution in [0.4, 0.5) is 0 Å². The van der Waals surface area contributed by atoms with Gasteiger partial charge in [0.15, 0.2) is 0 Å². The van der Waals surface area contributed by atoms with Crippen LogP contribution in [0, 0.1) is 23.7 Å². The zero-order valence-corrected chi connectivity index (χ0v) is 27.7. The van der Waals surface area contributed by atoms with Crippen LogP contribution in [-0.2, 0) is 31.0 Å². The van der Waals surface area contributed by atoms with E-state index in [0.29, 0.717) is 36.5 Å². The summed E-state index contributed by atoms with van der Waals surface area (Å²) in [5, 5.41) is 5.26. The van der Waals surface area contributed by atoms with E-state index in [9.17, 15) is 28.8 Å². The summed E-state index contributed by atoms with van der Waals surface area (Å²) in [6.45, 7) is 1.25. The maximum absolute atomic E-state index is 13.7. The molecule has 3 heterocycles. The molecular formula is C35H47N7O6. The van der Waals surface area contributed by atoms with Gasteiger partial charge in [-0.15, -0.1) is 0 Å². The van der Waals surface area contributed by atoms with Gasteiger partial charge < -0.3 is 21.7 Å². The third-order valence-electron chi connectivity index (χ3n) is 10.2. The van der Waals surface area contributed by atoms with Gasteiger partial charge in [-0.2, -0.15) is 0 Å². The van der Waals surface area contributed by atoms with E-state index in [1.54, 1.807) is 13.1 Å². The molecule has 13 heteroatoms. The Bertz CT molecular complexity index is 1670. The molecule has 258 valence electrons. The van der Waals surface area contributed by atoms with Crippen LogP contribution < -0.4 is 27.8 Å². The summed E-state index contributed by atoms with van der Waals surface area (Å²) in [5.41, 5.74) is 13.0. The van der Waals surface area contributed by atoms with Gasteiger partial charge >= 0.3 is 5.69 Å². The van der Waals surface area contributed by atoms with Crippen LogP contribution in [0.15, 0.2) is 23.0 Å². The Morgan fingerprint density at radius 2 is 1.75 bits per heavy atom. The molecule has 2 aromatic rings. The Morgan fingerprint density at radius 1 is 1.02 bits per heavy atom. The topological polar surface area (TPSA) is 192 Å². The second-order valence-electron chi connectivity index (χ2n) is 13.5. The number of primary amides is 1. The Labute approximate surface area is 280 Å². The fourth-order valence-electron chi connectivity index (χ4n) is 7.29. The summed E-state index contributed by atoms with van der Waals surface area (Å²) >= 11 is 0. The summed E-state index contributed by atoms with van der Waals surface area (Å²) < 4.78 is 2.96. The van der Waals surface area contributed by atoms with Gasteiger partial charge in [0, 0.05) is 45.0 Å². The molecule has 13 nitrogen and oxygen atoms in total. The molecule has 0 spiro atoms. The molecule has 3 aliphatic rings. The molecule has 6 N–H and O–H groups in total. The molecule has 2 saturated heterocycles. The quantitative estimate of drug-likeness (QED) is 0.218. The van der Waals surface area contributed by atoms with Gasteiger partial charge in [-0.05, 0) is 75.0 Å². The molecule has 0 radical (unpaired) electrons. The molecule has 3 fully saturated rings. The Morgan fingerprint density at radius 3 is 2.44 bits per heavy atom. The fourth-order valence-corrected chi connectivity index (χ4v) is 7.29. The van der Waals surface area contributed by atoms with Gasteiger partial charge in [-0.3, -0.25) is 38.4 Å². The summed E-state index contributed by atoms with van der Waals surface area (Å²) in [6.07, 6.45) is 8.91. The number of carbonyl (C=O) groups is 5. The van der Waals surface area contributed by atoms with E-state index < -0.39 is 35.8 Å². The first-order chi connectivity index (χ1) is 23.0. The van der Waals surface area contributed by atoms with Crippen molar-refractivity contribution in [2.45, 2.75) is 102 Å². The average molecular weight is 662 g/mol. The number of rotatable bonds is 10. The van der Waals surface area contributed by atoms with Crippen LogP contribution in [0.3, 0.4) is 0 Å². The normalized spacial score (nSPS) is 20.5. The van der Waals surface area contributed by atoms with Crippen LogP contribution in [0.2, 0.25) is 0 Å². The molecule has 0 bridgehead atoms. The number of hydrogen-bond acceptors (Lipinski definition) is 7. The van der Waals surface area contributed by atoms with E-state index in [2.05, 4.69) is 22.5 Å². The van der Waals surface area contributed by atoms with Gasteiger partial charge in [0.25, 0.3) is 0 Å². The molecule has 1 aromatic carbocycles. The number of aryl methyl sites for hydroxylation is 1. The number of fused-ring (bicyclic) bond motifs is 1. The van der Waals surface area contributed by atoms with Crippen molar-refractivity contribution < 1.29 is 24.0 Å². The summed E-state index contributed by atoms with van der Waals surface area (Å²) in [4.78, 5) is 76.7. The third kappa shape index (κ3) is 8.16. The Kier molecular flexibility index (Phi) is 11.4. The summed E-state index contributed by atoms with van der Waals surface area (Å²) in [7, 11) is 1.66. The van der Waals surface area contributed by atoms with Crippen molar-refractivity contribution in [3.05, 3.63) is 34.2 Å². The zero-order chi connectivity index (χ0) is 34.4. The van der Waals surface area contributed by atoms with E-state index in [1.807, 2.05) is 17.0 Å². The number of imidazole rings is 1. The van der Waals surface area contributed by atoms with Crippen molar-refractivity contribution in [3.8, 4) is 11.8 Å². The molecule has 1 aromatic heterocycles. The molecule has 3 unspecified atom stereocenters. The second kappa shape index (κ2) is 15.6. The lowest BCUT2D eigenvalue weighted by Gasteiger charge is -2.38. The number of nitrogens with two attached hydrogens (primary N) is 2. The smallest absolute Gasteiger partial charge is 0.329 e. The van der Waals surface area contributed by atoms with Crippen LogP contribution in [0.5, 0.6) is 0 Å². The lowest BCUT2D eigenvalue weighted by molar-refractivity contribution is -0.140. The molecule has 48 heavy (non-hydrogen) atoms. The SMILES string of the molecule is Cn1c(=O)n(C2CCC(=O)NC2=O)c2ccc(C#CCCC3CCN(C(=O)C(NC(=O)C(N)CCC(N)=O)C4CCCCC4)CC3)cc21. The second-order valence-corrected chi connectivity index (χ2v) is 13.5. The first-order valence-electron chi connectivity index (χ1n) is 17.2. The molecule has 5 rings (SSSR count). The summed E-state index contributed by atoms with van der Waals surface area (Å²) in [5.74, 6) is 5.20. The zero-order valence-electron chi connectivity index (χ0n) is 27.7. The highest BCUT2D eigenvalue weighted by Crippen LogP contribution is 2.29. The minimum atomic E-state index is -0.893. The molecule has 5 amide bonds. The number of likely N-dealkylation sites (tertiary alicyclic amines) is 1. The van der Waals surface area contributed by atoms with Gasteiger partial charge in [0.1, 0.15) is 12.1 Å². The Balaban J connectivity index is 1.15. The highest BCUT2D eigenvalue weighted by atomic mass is 16.2. The number of amides is 5. The fraction of sp³-hybridized carbons (Fsp3) is 0.600. The molecular weight excluding hydrogens is 614 g/mol. The van der Waals surface area contributed by atoms with Crippen molar-refractivity contribution in [1.29, 1.82) is 0 Å². The van der Waals surface area contributed by atoms with E-state index in [0.717, 1.165) is 56.9 Å². The molecule has 1 aliphatic carbocycles. The van der Waals surface area contributed by atoms with Crippen molar-refractivity contribution in [1.82, 2.24) is 24.7 Å². The first-order valence-corrected chi connectivity index (χ1v) is 17.2. The summed E-state index contributed by atoms with van der Waals surface area (Å²) in [6, 6.07) is 3.26. The van der Waals surface area contributed by atoms with Crippen molar-refractivity contribution in [2.24, 2.45) is 30.4 Å². The maximum Gasteiger partial charge on any atom is 0.329 e. The number of nitrogens with one attached hydrogen (secondary N) is 2. The van der Waals surface area contributed by atoms with Crippen LogP contribution in [0.1, 0.15) is 95.1 Å². The highest BCUT2D eigenvalue weighted by molar-refractivity contribution is 6.00. The predicted octanol–water partition coefficient (Wildman–Crippen LogP) is 1.35. The predicted molar refractivity (Wildman–Crippen MR) is 179 cm³/mol. The molecule has 2 aliphatic heterocycles. The van der Waals surface area contributed by atoms with Crippen LogP contribution in [0.25, 0.3) is 11.0 Å². The first kappa shape index (κ1) is 34.9. The van der Waals surface area contributed by atoms with Crippen molar-refractivity contribution in [3.63, 3.8) is 0 Å². The van der Waals surface area contributed by atoms with Crippen molar-refractivity contribution in [2.75, 3.05) is 13.1 Å². The minimum absolute atomic E-state index is 0.0193. The number of imide groups is 1. The van der Waals surface area contributed by atoms with Crippen molar-refractivity contribution >= 4 is 40.6 Å². The highest BCUT2D eigenvalue weighted by Gasteiger charge is 2.36. The maximum atomic E-state index is 13.7. The third-order valence-corrected chi connectivity index (χ3v) is 10.2.